The van der Waals surface area contributed by atoms with Crippen LogP contribution in [-0.4, -0.2) is 31.7 Å². The Morgan fingerprint density at radius 3 is 2.26 bits per heavy atom. The van der Waals surface area contributed by atoms with Gasteiger partial charge in [0.05, 0.1) is 0 Å². The van der Waals surface area contributed by atoms with Crippen molar-refractivity contribution in [2.75, 3.05) is 30.4 Å². The van der Waals surface area contributed by atoms with Crippen molar-refractivity contribution >= 4 is 23.3 Å². The first-order valence-corrected chi connectivity index (χ1v) is 9.30. The molecule has 0 unspecified atom stereocenters. The predicted octanol–water partition coefficient (Wildman–Crippen LogP) is 3.88. The second-order valence-corrected chi connectivity index (χ2v) is 6.65. The Morgan fingerprint density at radius 2 is 1.59 bits per heavy atom. The van der Waals surface area contributed by atoms with Gasteiger partial charge in [0.15, 0.2) is 0 Å². The molecule has 27 heavy (non-hydrogen) atoms. The van der Waals surface area contributed by atoms with Crippen LogP contribution >= 0.6 is 0 Å². The molecule has 0 aliphatic heterocycles. The van der Waals surface area contributed by atoms with Gasteiger partial charge in [0.1, 0.15) is 0 Å². The number of amides is 3. The summed E-state index contributed by atoms with van der Waals surface area (Å²) < 4.78 is 5.54. The largest absolute Gasteiger partial charge is 0.381 e. The number of urea groups is 1. The molecule has 1 aliphatic rings. The second-order valence-electron chi connectivity index (χ2n) is 6.65. The van der Waals surface area contributed by atoms with E-state index in [-0.39, 0.29) is 11.9 Å². The predicted molar refractivity (Wildman–Crippen MR) is 106 cm³/mol. The minimum Gasteiger partial charge on any atom is -0.381 e. The van der Waals surface area contributed by atoms with Crippen LogP contribution in [0.5, 0.6) is 0 Å². The zero-order valence-corrected chi connectivity index (χ0v) is 15.2. The first kappa shape index (κ1) is 18.9. The van der Waals surface area contributed by atoms with E-state index in [1.165, 1.54) is 12.8 Å². The first-order chi connectivity index (χ1) is 13.2. The molecule has 0 bridgehead atoms. The highest BCUT2D eigenvalue weighted by atomic mass is 16.5. The van der Waals surface area contributed by atoms with E-state index in [0.717, 1.165) is 18.9 Å². The van der Waals surface area contributed by atoms with Crippen molar-refractivity contribution in [1.29, 1.82) is 0 Å². The van der Waals surface area contributed by atoms with Gasteiger partial charge in [-0.1, -0.05) is 18.2 Å². The number of hydrogen-bond donors (Lipinski definition) is 3. The van der Waals surface area contributed by atoms with Gasteiger partial charge in [-0.15, -0.1) is 0 Å². The third-order valence-electron chi connectivity index (χ3n) is 4.24. The lowest BCUT2D eigenvalue weighted by atomic mass is 10.2. The smallest absolute Gasteiger partial charge is 0.323 e. The van der Waals surface area contributed by atoms with Crippen LogP contribution < -0.4 is 16.0 Å². The van der Waals surface area contributed by atoms with Gasteiger partial charge in [-0.05, 0) is 61.6 Å². The molecule has 0 atom stereocenters. The zero-order chi connectivity index (χ0) is 18.9. The zero-order valence-electron chi connectivity index (χ0n) is 15.2. The van der Waals surface area contributed by atoms with E-state index in [0.29, 0.717) is 30.1 Å². The van der Waals surface area contributed by atoms with Crippen LogP contribution in [-0.2, 0) is 4.74 Å². The molecule has 6 heteroatoms. The summed E-state index contributed by atoms with van der Waals surface area (Å²) in [6.07, 6.45) is 3.38. The summed E-state index contributed by atoms with van der Waals surface area (Å²) in [6.45, 7) is 2.11. The van der Waals surface area contributed by atoms with Crippen LogP contribution in [0.3, 0.4) is 0 Å². The highest BCUT2D eigenvalue weighted by Gasteiger charge is 2.20. The van der Waals surface area contributed by atoms with Crippen molar-refractivity contribution in [2.45, 2.75) is 19.3 Å². The summed E-state index contributed by atoms with van der Waals surface area (Å²) >= 11 is 0. The molecule has 3 N–H and O–H groups in total. The fourth-order valence-electron chi connectivity index (χ4n) is 2.53. The van der Waals surface area contributed by atoms with Gasteiger partial charge in [-0.25, -0.2) is 4.79 Å². The van der Waals surface area contributed by atoms with E-state index in [2.05, 4.69) is 16.0 Å². The second kappa shape index (κ2) is 9.73. The molecule has 0 aromatic heterocycles. The first-order valence-electron chi connectivity index (χ1n) is 9.30. The van der Waals surface area contributed by atoms with Crippen LogP contribution in [0.4, 0.5) is 16.2 Å². The third kappa shape index (κ3) is 6.75. The number of ether oxygens (including phenoxy) is 1. The minimum absolute atomic E-state index is 0.127. The van der Waals surface area contributed by atoms with E-state index < -0.39 is 0 Å². The summed E-state index contributed by atoms with van der Waals surface area (Å²) in [5.41, 5.74) is 1.89. The molecule has 142 valence electrons. The number of anilines is 2. The lowest BCUT2D eigenvalue weighted by Gasteiger charge is -2.09. The molecular weight excluding hydrogens is 342 g/mol. The average Bonchev–Trinajstić information content (AvgIpc) is 3.50. The Kier molecular flexibility index (Phi) is 6.82. The number of nitrogens with one attached hydrogen (secondary N) is 3. The average molecular weight is 367 g/mol. The maximum atomic E-state index is 12.1. The Morgan fingerprint density at radius 1 is 0.926 bits per heavy atom. The standard InChI is InChI=1S/C21H25N3O3/c25-20(22-13-4-14-27-15-16-7-8-16)17-9-11-19(12-10-17)24-21(26)23-18-5-2-1-3-6-18/h1-3,5-6,9-12,16H,4,7-8,13-15H2,(H,22,25)(H2,23,24,26). The SMILES string of the molecule is O=C(Nc1ccccc1)Nc1ccc(C(=O)NCCCOCC2CC2)cc1. The van der Waals surface area contributed by atoms with Gasteiger partial charge in [-0.2, -0.15) is 0 Å². The number of carbonyl (C=O) groups excluding carboxylic acids is 2. The summed E-state index contributed by atoms with van der Waals surface area (Å²) in [4.78, 5) is 24.1. The molecule has 1 saturated carbocycles. The third-order valence-corrected chi connectivity index (χ3v) is 4.24. The van der Waals surface area contributed by atoms with Crippen molar-refractivity contribution < 1.29 is 14.3 Å². The van der Waals surface area contributed by atoms with Gasteiger partial charge >= 0.3 is 6.03 Å². The van der Waals surface area contributed by atoms with E-state index >= 15 is 0 Å². The van der Waals surface area contributed by atoms with Gasteiger partial charge in [0.2, 0.25) is 0 Å². The number of benzene rings is 2. The molecule has 0 spiro atoms. The lowest BCUT2D eigenvalue weighted by molar-refractivity contribution is 0.0937. The van der Waals surface area contributed by atoms with Gasteiger partial charge in [0, 0.05) is 36.7 Å². The van der Waals surface area contributed by atoms with E-state index in [1.54, 1.807) is 24.3 Å². The summed E-state index contributed by atoms with van der Waals surface area (Å²) in [6, 6.07) is 15.7. The Labute approximate surface area is 159 Å². The molecule has 1 fully saturated rings. The Balaban J connectivity index is 1.36. The van der Waals surface area contributed by atoms with E-state index in [4.69, 9.17) is 4.74 Å². The summed E-state index contributed by atoms with van der Waals surface area (Å²) in [5, 5.41) is 8.36. The fraction of sp³-hybridized carbons (Fsp3) is 0.333. The molecule has 2 aromatic rings. The number of para-hydroxylation sites is 1. The normalized spacial score (nSPS) is 13.0. The fourth-order valence-corrected chi connectivity index (χ4v) is 2.53. The van der Waals surface area contributed by atoms with Crippen LogP contribution in [0.15, 0.2) is 54.6 Å². The van der Waals surface area contributed by atoms with Crippen molar-refractivity contribution in [3.63, 3.8) is 0 Å². The lowest BCUT2D eigenvalue weighted by Crippen LogP contribution is -2.25. The van der Waals surface area contributed by atoms with Gasteiger partial charge in [0.25, 0.3) is 5.91 Å². The van der Waals surface area contributed by atoms with Crippen molar-refractivity contribution in [2.24, 2.45) is 5.92 Å². The van der Waals surface area contributed by atoms with Crippen LogP contribution in [0.1, 0.15) is 29.6 Å². The quantitative estimate of drug-likeness (QED) is 0.589. The molecule has 6 nitrogen and oxygen atoms in total. The van der Waals surface area contributed by atoms with Gasteiger partial charge in [-0.3, -0.25) is 4.79 Å². The van der Waals surface area contributed by atoms with E-state index in [1.807, 2.05) is 30.3 Å². The molecule has 3 amide bonds. The number of carbonyl (C=O) groups is 2. The molecule has 0 heterocycles. The van der Waals surface area contributed by atoms with Crippen molar-refractivity contribution in [3.8, 4) is 0 Å². The van der Waals surface area contributed by atoms with E-state index in [9.17, 15) is 9.59 Å². The molecule has 0 radical (unpaired) electrons. The highest BCUT2D eigenvalue weighted by Crippen LogP contribution is 2.28. The van der Waals surface area contributed by atoms with Crippen LogP contribution in [0.2, 0.25) is 0 Å². The highest BCUT2D eigenvalue weighted by molar-refractivity contribution is 6.00. The molecule has 3 rings (SSSR count). The van der Waals surface area contributed by atoms with Crippen molar-refractivity contribution in [3.05, 3.63) is 60.2 Å². The number of rotatable bonds is 9. The molecule has 1 aliphatic carbocycles. The minimum atomic E-state index is -0.329. The molecule has 2 aromatic carbocycles. The maximum Gasteiger partial charge on any atom is 0.323 e. The molecule has 0 saturated heterocycles. The van der Waals surface area contributed by atoms with Crippen molar-refractivity contribution in [1.82, 2.24) is 5.32 Å². The van der Waals surface area contributed by atoms with Crippen LogP contribution in [0, 0.1) is 5.92 Å². The molecular formula is C21H25N3O3. The number of hydrogen-bond acceptors (Lipinski definition) is 3. The van der Waals surface area contributed by atoms with Crippen LogP contribution in [0.25, 0.3) is 0 Å². The summed E-state index contributed by atoms with van der Waals surface area (Å²) in [7, 11) is 0. The maximum absolute atomic E-state index is 12.1. The topological polar surface area (TPSA) is 79.5 Å². The van der Waals surface area contributed by atoms with Gasteiger partial charge < -0.3 is 20.7 Å². The monoisotopic (exact) mass is 367 g/mol. The summed E-state index contributed by atoms with van der Waals surface area (Å²) in [5.74, 6) is 0.638. The Hall–Kier alpha value is -2.86. The Bertz CT molecular complexity index is 743.